The number of carbonyl (C=O) groups is 1. The molecule has 1 fully saturated rings. The number of ether oxygens (including phenoxy) is 1. The summed E-state index contributed by atoms with van der Waals surface area (Å²) in [6.07, 6.45) is 1.61. The van der Waals surface area contributed by atoms with E-state index < -0.39 is 0 Å². The van der Waals surface area contributed by atoms with Crippen molar-refractivity contribution in [3.63, 3.8) is 0 Å². The molecule has 0 aromatic carbocycles. The van der Waals surface area contributed by atoms with Crippen LogP contribution in [0, 0.1) is 23.7 Å². The van der Waals surface area contributed by atoms with Crippen molar-refractivity contribution in [2.75, 3.05) is 0 Å². The molecule has 2 rings (SSSR count). The molecule has 0 saturated heterocycles. The first-order valence-electron chi connectivity index (χ1n) is 5.98. The summed E-state index contributed by atoms with van der Waals surface area (Å²) in [6.45, 7) is 10.6. The Kier molecular flexibility index (Phi) is 2.60. The Balaban J connectivity index is 1.94. The lowest BCUT2D eigenvalue weighted by atomic mass is 10.0. The summed E-state index contributed by atoms with van der Waals surface area (Å²) in [7, 11) is 0. The van der Waals surface area contributed by atoms with Crippen LogP contribution in [0.5, 0.6) is 0 Å². The van der Waals surface area contributed by atoms with Crippen LogP contribution in [-0.4, -0.2) is 5.97 Å². The molecule has 0 bridgehead atoms. The van der Waals surface area contributed by atoms with E-state index in [9.17, 15) is 4.79 Å². The van der Waals surface area contributed by atoms with Crippen molar-refractivity contribution in [2.45, 2.75) is 41.2 Å². The Morgan fingerprint density at radius 1 is 1.35 bits per heavy atom. The minimum atomic E-state index is -0.0967. The fourth-order valence-electron chi connectivity index (χ4n) is 2.58. The number of aryl methyl sites for hydroxylation is 1. The maximum atomic E-state index is 12.0. The number of carbonyl (C=O) groups excluding carboxylic acids is 1. The number of hydrogen-bond donors (Lipinski definition) is 0. The van der Waals surface area contributed by atoms with Crippen LogP contribution in [-0.2, 0) is 16.1 Å². The summed E-state index contributed by atoms with van der Waals surface area (Å²) in [6, 6.07) is 1.84. The zero-order chi connectivity index (χ0) is 12.8. The molecule has 1 aromatic rings. The van der Waals surface area contributed by atoms with Gasteiger partial charge in [0.2, 0.25) is 0 Å². The normalized spacial score (nSPS) is 21.2. The number of esters is 1. The van der Waals surface area contributed by atoms with Crippen LogP contribution in [0.15, 0.2) is 16.7 Å². The lowest BCUT2D eigenvalue weighted by Crippen LogP contribution is -2.11. The predicted molar refractivity (Wildman–Crippen MR) is 64.3 cm³/mol. The molecule has 1 aliphatic rings. The van der Waals surface area contributed by atoms with Gasteiger partial charge >= 0.3 is 5.97 Å². The van der Waals surface area contributed by atoms with Gasteiger partial charge in [0.15, 0.2) is 0 Å². The average Bonchev–Trinajstić information content (AvgIpc) is 2.53. The second-order valence-electron chi connectivity index (χ2n) is 5.99. The molecule has 3 nitrogen and oxygen atoms in total. The highest BCUT2D eigenvalue weighted by molar-refractivity contribution is 5.78. The Bertz CT molecular complexity index is 426. The van der Waals surface area contributed by atoms with Gasteiger partial charge in [-0.2, -0.15) is 0 Å². The van der Waals surface area contributed by atoms with Gasteiger partial charge in [-0.05, 0) is 23.8 Å². The maximum absolute atomic E-state index is 12.0. The molecule has 1 saturated carbocycles. The first kappa shape index (κ1) is 12.2. The van der Waals surface area contributed by atoms with Crippen molar-refractivity contribution in [1.29, 1.82) is 0 Å². The van der Waals surface area contributed by atoms with Crippen LogP contribution >= 0.6 is 0 Å². The second kappa shape index (κ2) is 3.62. The topological polar surface area (TPSA) is 39.4 Å². The van der Waals surface area contributed by atoms with Crippen molar-refractivity contribution in [3.8, 4) is 0 Å². The maximum Gasteiger partial charge on any atom is 0.310 e. The predicted octanol–water partition coefficient (Wildman–Crippen LogP) is 3.31. The van der Waals surface area contributed by atoms with Crippen molar-refractivity contribution < 1.29 is 13.9 Å². The molecule has 1 aliphatic carbocycles. The summed E-state index contributed by atoms with van der Waals surface area (Å²) in [5, 5.41) is 0. The van der Waals surface area contributed by atoms with Gasteiger partial charge in [-0.25, -0.2) is 0 Å². The monoisotopic (exact) mass is 236 g/mol. The summed E-state index contributed by atoms with van der Waals surface area (Å²) in [4.78, 5) is 12.0. The molecule has 1 heterocycles. The van der Waals surface area contributed by atoms with E-state index in [1.54, 1.807) is 6.26 Å². The zero-order valence-electron chi connectivity index (χ0n) is 11.2. The quantitative estimate of drug-likeness (QED) is 0.756. The van der Waals surface area contributed by atoms with Gasteiger partial charge in [0.05, 0.1) is 12.2 Å². The Hall–Kier alpha value is -1.25. The molecule has 0 unspecified atom stereocenters. The number of hydrogen-bond acceptors (Lipinski definition) is 3. The highest BCUT2D eigenvalue weighted by atomic mass is 16.5. The molecule has 94 valence electrons. The lowest BCUT2D eigenvalue weighted by Gasteiger charge is -2.05. The minimum Gasteiger partial charge on any atom is -0.469 e. The van der Waals surface area contributed by atoms with E-state index >= 15 is 0 Å². The van der Waals surface area contributed by atoms with E-state index in [0.29, 0.717) is 6.61 Å². The van der Waals surface area contributed by atoms with E-state index in [1.807, 2.05) is 13.0 Å². The summed E-state index contributed by atoms with van der Waals surface area (Å²) < 4.78 is 10.5. The minimum absolute atomic E-state index is 0.00204. The van der Waals surface area contributed by atoms with Crippen molar-refractivity contribution in [1.82, 2.24) is 0 Å². The third kappa shape index (κ3) is 1.78. The summed E-state index contributed by atoms with van der Waals surface area (Å²) in [5.41, 5.74) is 1.01. The molecule has 0 aliphatic heterocycles. The van der Waals surface area contributed by atoms with Gasteiger partial charge in [0.25, 0.3) is 0 Å². The molecular formula is C14H20O3. The molecule has 0 spiro atoms. The highest BCUT2D eigenvalue weighted by Crippen LogP contribution is 2.68. The van der Waals surface area contributed by atoms with Crippen LogP contribution in [0.4, 0.5) is 0 Å². The Morgan fingerprint density at radius 3 is 2.35 bits per heavy atom. The van der Waals surface area contributed by atoms with Crippen molar-refractivity contribution >= 4 is 5.97 Å². The number of rotatable bonds is 3. The second-order valence-corrected chi connectivity index (χ2v) is 5.99. The molecule has 3 heteroatoms. The lowest BCUT2D eigenvalue weighted by molar-refractivity contribution is -0.148. The highest BCUT2D eigenvalue weighted by Gasteiger charge is 2.69. The fraction of sp³-hybridized carbons (Fsp3) is 0.643. The molecular weight excluding hydrogens is 216 g/mol. The van der Waals surface area contributed by atoms with Gasteiger partial charge in [0.1, 0.15) is 12.4 Å². The van der Waals surface area contributed by atoms with Crippen LogP contribution in [0.2, 0.25) is 0 Å². The van der Waals surface area contributed by atoms with Crippen LogP contribution < -0.4 is 0 Å². The van der Waals surface area contributed by atoms with Crippen LogP contribution in [0.1, 0.15) is 39.0 Å². The van der Waals surface area contributed by atoms with Crippen LogP contribution in [0.25, 0.3) is 0 Å². The fourth-order valence-corrected chi connectivity index (χ4v) is 2.58. The Labute approximate surface area is 102 Å². The molecule has 0 amide bonds. The smallest absolute Gasteiger partial charge is 0.310 e. The Morgan fingerprint density at radius 2 is 1.94 bits per heavy atom. The van der Waals surface area contributed by atoms with E-state index in [1.165, 1.54) is 0 Å². The van der Waals surface area contributed by atoms with Gasteiger partial charge in [-0.1, -0.05) is 27.7 Å². The summed E-state index contributed by atoms with van der Waals surface area (Å²) >= 11 is 0. The third-order valence-electron chi connectivity index (χ3n) is 4.59. The molecule has 0 N–H and O–H groups in total. The van der Waals surface area contributed by atoms with Gasteiger partial charge in [0, 0.05) is 5.56 Å². The van der Waals surface area contributed by atoms with Gasteiger partial charge < -0.3 is 9.15 Å². The standard InChI is InChI=1S/C14H20O3/c1-9-10(6-7-16-9)8-17-12(15)11-13(2,3)14(11,4)5/h6-7,11H,8H2,1-5H3. The first-order chi connectivity index (χ1) is 7.78. The van der Waals surface area contributed by atoms with E-state index in [4.69, 9.17) is 9.15 Å². The van der Waals surface area contributed by atoms with Gasteiger partial charge in [-0.15, -0.1) is 0 Å². The van der Waals surface area contributed by atoms with Crippen molar-refractivity contribution in [2.24, 2.45) is 16.7 Å². The van der Waals surface area contributed by atoms with Gasteiger partial charge in [-0.3, -0.25) is 4.79 Å². The van der Waals surface area contributed by atoms with E-state index in [0.717, 1.165) is 11.3 Å². The SMILES string of the molecule is Cc1occc1COC(=O)C1C(C)(C)C1(C)C. The molecule has 0 atom stereocenters. The van der Waals surface area contributed by atoms with E-state index in [2.05, 4.69) is 27.7 Å². The first-order valence-corrected chi connectivity index (χ1v) is 5.98. The van der Waals surface area contributed by atoms with Crippen molar-refractivity contribution in [3.05, 3.63) is 23.7 Å². The molecule has 0 radical (unpaired) electrons. The zero-order valence-corrected chi connectivity index (χ0v) is 11.2. The molecule has 17 heavy (non-hydrogen) atoms. The third-order valence-corrected chi connectivity index (χ3v) is 4.59. The number of furan rings is 1. The van der Waals surface area contributed by atoms with E-state index in [-0.39, 0.29) is 22.7 Å². The largest absolute Gasteiger partial charge is 0.469 e. The summed E-state index contributed by atoms with van der Waals surface area (Å²) in [5.74, 6) is 0.718. The average molecular weight is 236 g/mol. The van der Waals surface area contributed by atoms with Crippen LogP contribution in [0.3, 0.4) is 0 Å². The molecule has 1 aromatic heterocycles.